The lowest BCUT2D eigenvalue weighted by Crippen LogP contribution is -2.38. The zero-order valence-corrected chi connectivity index (χ0v) is 15.8. The average Bonchev–Trinajstić information content (AvgIpc) is 2.91. The lowest BCUT2D eigenvalue weighted by molar-refractivity contribution is 0.177. The fourth-order valence-corrected chi connectivity index (χ4v) is 4.32. The van der Waals surface area contributed by atoms with Crippen LogP contribution in [0.25, 0.3) is 10.9 Å². The van der Waals surface area contributed by atoms with E-state index in [9.17, 15) is 0 Å². The van der Waals surface area contributed by atoms with Gasteiger partial charge >= 0.3 is 0 Å². The molecule has 1 aromatic carbocycles. The number of hydrogen-bond acceptors (Lipinski definition) is 2. The Bertz CT molecular complexity index is 900. The summed E-state index contributed by atoms with van der Waals surface area (Å²) in [5.74, 6) is 0. The molecular formula is C21H24ClN3. The van der Waals surface area contributed by atoms with Gasteiger partial charge in [0.25, 0.3) is 0 Å². The van der Waals surface area contributed by atoms with Gasteiger partial charge in [0.05, 0.1) is 0 Å². The van der Waals surface area contributed by atoms with E-state index in [0.717, 1.165) is 24.4 Å². The Morgan fingerprint density at radius 2 is 1.92 bits per heavy atom. The molecule has 2 unspecified atom stereocenters. The van der Waals surface area contributed by atoms with Gasteiger partial charge < -0.3 is 4.57 Å². The Balaban J connectivity index is 1.82. The highest BCUT2D eigenvalue weighted by Gasteiger charge is 2.31. The molecule has 0 amide bonds. The minimum absolute atomic E-state index is 0.405. The number of benzene rings is 1. The highest BCUT2D eigenvalue weighted by atomic mass is 35.5. The molecule has 0 saturated heterocycles. The molecule has 4 rings (SSSR count). The van der Waals surface area contributed by atoms with Crippen LogP contribution < -0.4 is 0 Å². The predicted octanol–water partition coefficient (Wildman–Crippen LogP) is 4.87. The number of aryl methyl sites for hydroxylation is 2. The summed E-state index contributed by atoms with van der Waals surface area (Å²) in [5.41, 5.74) is 5.56. The van der Waals surface area contributed by atoms with Crippen LogP contribution in [0.5, 0.6) is 0 Å². The quantitative estimate of drug-likeness (QED) is 0.669. The van der Waals surface area contributed by atoms with Crippen LogP contribution in [0, 0.1) is 0 Å². The molecule has 0 spiro atoms. The zero-order valence-electron chi connectivity index (χ0n) is 15.0. The molecule has 3 heterocycles. The summed E-state index contributed by atoms with van der Waals surface area (Å²) in [7, 11) is 2.23. The van der Waals surface area contributed by atoms with Crippen molar-refractivity contribution in [3.05, 3.63) is 64.6 Å². The van der Waals surface area contributed by atoms with E-state index >= 15 is 0 Å². The molecule has 4 heteroatoms. The fraction of sp³-hybridized carbons (Fsp3) is 0.381. The molecule has 1 aliphatic heterocycles. The normalized spacial score (nSPS) is 20.8. The van der Waals surface area contributed by atoms with E-state index in [1.54, 1.807) is 0 Å². The van der Waals surface area contributed by atoms with Gasteiger partial charge in [-0.25, -0.2) is 0 Å². The second-order valence-electron chi connectivity index (χ2n) is 7.17. The molecule has 2 atom stereocenters. The molecular weight excluding hydrogens is 330 g/mol. The van der Waals surface area contributed by atoms with Crippen molar-refractivity contribution < 1.29 is 0 Å². The van der Waals surface area contributed by atoms with Crippen molar-refractivity contribution in [2.75, 3.05) is 7.05 Å². The zero-order chi connectivity index (χ0) is 17.6. The molecule has 3 aromatic rings. The maximum absolute atomic E-state index is 6.33. The number of nitrogens with zero attached hydrogens (tertiary/aromatic N) is 3. The number of likely N-dealkylation sites (N-methyl/N-ethyl adjacent to an activating group) is 1. The molecule has 0 N–H and O–H groups in total. The third kappa shape index (κ3) is 2.86. The van der Waals surface area contributed by atoms with Gasteiger partial charge in [-0.1, -0.05) is 11.6 Å². The molecule has 0 aliphatic carbocycles. The van der Waals surface area contributed by atoms with Crippen LogP contribution in [0.4, 0.5) is 0 Å². The van der Waals surface area contributed by atoms with Gasteiger partial charge in [0.15, 0.2) is 0 Å². The largest absolute Gasteiger partial charge is 0.344 e. The number of rotatable bonds is 3. The van der Waals surface area contributed by atoms with E-state index in [1.165, 1.54) is 27.7 Å². The molecule has 0 radical (unpaired) electrons. The van der Waals surface area contributed by atoms with Crippen LogP contribution in [0.1, 0.15) is 36.7 Å². The summed E-state index contributed by atoms with van der Waals surface area (Å²) in [4.78, 5) is 6.59. The van der Waals surface area contributed by atoms with Gasteiger partial charge in [-0.2, -0.15) is 0 Å². The Morgan fingerprint density at radius 3 is 2.68 bits per heavy atom. The Labute approximate surface area is 154 Å². The molecule has 1 aliphatic rings. The van der Waals surface area contributed by atoms with Crippen molar-refractivity contribution in [2.45, 2.75) is 45.3 Å². The number of aromatic nitrogens is 2. The van der Waals surface area contributed by atoms with Gasteiger partial charge in [-0.15, -0.1) is 0 Å². The first-order valence-electron chi connectivity index (χ1n) is 8.97. The second kappa shape index (κ2) is 6.47. The van der Waals surface area contributed by atoms with E-state index in [4.69, 9.17) is 11.6 Å². The maximum atomic E-state index is 6.33. The van der Waals surface area contributed by atoms with Crippen LogP contribution in [0.15, 0.2) is 42.7 Å². The van der Waals surface area contributed by atoms with Gasteiger partial charge in [0.1, 0.15) is 0 Å². The highest BCUT2D eigenvalue weighted by Crippen LogP contribution is 2.40. The van der Waals surface area contributed by atoms with E-state index in [-0.39, 0.29) is 0 Å². The van der Waals surface area contributed by atoms with Gasteiger partial charge in [-0.3, -0.25) is 9.88 Å². The first kappa shape index (κ1) is 16.6. The lowest BCUT2D eigenvalue weighted by Gasteiger charge is -2.36. The Hall–Kier alpha value is -1.84. The molecule has 0 saturated carbocycles. The van der Waals surface area contributed by atoms with E-state index < -0.39 is 0 Å². The number of hydrogen-bond donors (Lipinski definition) is 0. The van der Waals surface area contributed by atoms with E-state index in [0.29, 0.717) is 12.1 Å². The average molecular weight is 354 g/mol. The lowest BCUT2D eigenvalue weighted by atomic mass is 9.93. The van der Waals surface area contributed by atoms with Crippen LogP contribution >= 0.6 is 11.6 Å². The molecule has 0 fully saturated rings. The maximum Gasteiger partial charge on any atom is 0.0487 e. The highest BCUT2D eigenvalue weighted by molar-refractivity contribution is 6.31. The standard InChI is InChI=1S/C21H24ClN3/c1-14-12-20-21(15(2)24(14)3)18-13-17(22)4-5-19(18)25(20)11-8-16-6-9-23-10-7-16/h4-7,9-10,13-15H,8,11-12H2,1-3H3. The summed E-state index contributed by atoms with van der Waals surface area (Å²) < 4.78 is 2.52. The monoisotopic (exact) mass is 353 g/mol. The van der Waals surface area contributed by atoms with Crippen molar-refractivity contribution >= 4 is 22.5 Å². The first-order chi connectivity index (χ1) is 12.1. The molecule has 3 nitrogen and oxygen atoms in total. The van der Waals surface area contributed by atoms with E-state index in [1.807, 2.05) is 18.5 Å². The van der Waals surface area contributed by atoms with Crippen molar-refractivity contribution in [3.8, 4) is 0 Å². The van der Waals surface area contributed by atoms with Crippen LogP contribution in [-0.2, 0) is 19.4 Å². The molecule has 0 bridgehead atoms. The minimum atomic E-state index is 0.405. The summed E-state index contributed by atoms with van der Waals surface area (Å²) in [6.07, 6.45) is 5.84. The number of pyridine rings is 1. The fourth-order valence-electron chi connectivity index (χ4n) is 4.15. The molecule has 25 heavy (non-hydrogen) atoms. The van der Waals surface area contributed by atoms with Crippen molar-refractivity contribution in [1.82, 2.24) is 14.5 Å². The van der Waals surface area contributed by atoms with Crippen LogP contribution in [-0.4, -0.2) is 27.5 Å². The third-order valence-electron chi connectivity index (χ3n) is 5.76. The van der Waals surface area contributed by atoms with Crippen LogP contribution in [0.3, 0.4) is 0 Å². The van der Waals surface area contributed by atoms with Crippen molar-refractivity contribution in [2.24, 2.45) is 0 Å². The molecule has 130 valence electrons. The SMILES string of the molecule is CC1Cc2c(c3cc(Cl)ccc3n2CCc2ccncc2)C(C)N1C. The van der Waals surface area contributed by atoms with Crippen molar-refractivity contribution in [3.63, 3.8) is 0 Å². The van der Waals surface area contributed by atoms with Gasteiger partial charge in [0.2, 0.25) is 0 Å². The van der Waals surface area contributed by atoms with Gasteiger partial charge in [0, 0.05) is 59.1 Å². The summed E-state index contributed by atoms with van der Waals surface area (Å²) in [6, 6.07) is 11.5. The topological polar surface area (TPSA) is 21.1 Å². The first-order valence-corrected chi connectivity index (χ1v) is 9.35. The Morgan fingerprint density at radius 1 is 1.16 bits per heavy atom. The summed E-state index contributed by atoms with van der Waals surface area (Å²) in [5, 5.41) is 2.12. The second-order valence-corrected chi connectivity index (χ2v) is 7.61. The molecule has 2 aromatic heterocycles. The third-order valence-corrected chi connectivity index (χ3v) is 6.00. The smallest absolute Gasteiger partial charge is 0.0487 e. The van der Waals surface area contributed by atoms with Crippen LogP contribution in [0.2, 0.25) is 5.02 Å². The summed E-state index contributed by atoms with van der Waals surface area (Å²) >= 11 is 6.33. The number of fused-ring (bicyclic) bond motifs is 3. The summed E-state index contributed by atoms with van der Waals surface area (Å²) in [6.45, 7) is 5.61. The predicted molar refractivity (Wildman–Crippen MR) is 104 cm³/mol. The van der Waals surface area contributed by atoms with Gasteiger partial charge in [-0.05, 0) is 68.8 Å². The van der Waals surface area contributed by atoms with E-state index in [2.05, 4.69) is 59.6 Å². The Kier molecular flexibility index (Phi) is 4.30. The number of halogens is 1. The minimum Gasteiger partial charge on any atom is -0.344 e. The van der Waals surface area contributed by atoms with Crippen molar-refractivity contribution in [1.29, 1.82) is 0 Å².